The van der Waals surface area contributed by atoms with Crippen molar-refractivity contribution in [3.63, 3.8) is 0 Å². The Hall–Kier alpha value is -3.11. The second-order valence-corrected chi connectivity index (χ2v) is 23.9. The van der Waals surface area contributed by atoms with Gasteiger partial charge < -0.3 is 20.2 Å². The van der Waals surface area contributed by atoms with Crippen LogP contribution in [0.4, 0.5) is 14.5 Å². The van der Waals surface area contributed by atoms with E-state index in [9.17, 15) is 23.5 Å². The van der Waals surface area contributed by atoms with Crippen molar-refractivity contribution in [2.75, 3.05) is 30.5 Å². The number of nitrogens with two attached hydrogens (primary N) is 1. The molecule has 3 N–H and O–H groups in total. The van der Waals surface area contributed by atoms with Crippen LogP contribution in [0.25, 0.3) is 22.3 Å². The molecule has 0 saturated carbocycles. The lowest BCUT2D eigenvalue weighted by molar-refractivity contribution is -0.124. The second-order valence-electron chi connectivity index (χ2n) is 15.8. The molecule has 4 aromatic heterocycles. The zero-order chi connectivity index (χ0) is 41.9. The number of nitrogens with zero attached hydrogens (tertiary/aromatic N) is 6. The van der Waals surface area contributed by atoms with Crippen molar-refractivity contribution >= 4 is 75.9 Å². The van der Waals surface area contributed by atoms with Crippen molar-refractivity contribution in [2.24, 2.45) is 10.8 Å². The number of aromatic amines is 1. The van der Waals surface area contributed by atoms with Gasteiger partial charge in [-0.1, -0.05) is 41.5 Å². The number of hydrogen-bond donors (Lipinski definition) is 2. The lowest BCUT2D eigenvalue weighted by Crippen LogP contribution is -2.37. The maximum atomic E-state index is 16.9. The number of aromatic nitrogens is 7. The molecule has 0 bridgehead atoms. The van der Waals surface area contributed by atoms with Gasteiger partial charge in [-0.3, -0.25) is 41.6 Å². The molecule has 0 amide bonds. The SMILES string of the molecule is CC(C)(C)C(=O)CSP1(=O)OCC2OC(n3cnc4c(=O)[nH]cnc43)[C@H](F)[C@@H]2OP(=O)(SCC(=O)C(C)(C)C)OCC2OC(n3cnc4c(N)ccnc43)[C@H](F)[C@@H]2O1. The summed E-state index contributed by atoms with van der Waals surface area (Å²) < 4.78 is 101. The summed E-state index contributed by atoms with van der Waals surface area (Å²) in [5, 5.41) is 0. The number of hydrogen-bond acceptors (Lipinski definition) is 18. The van der Waals surface area contributed by atoms with E-state index in [1.54, 1.807) is 41.5 Å². The standard InChI is InChI=1S/C33H42F2N8O11P2S2/c1-32(2,3)19(44)11-57-55(47)50-10-18-26(22(35)31(52-18)43-15-41-24-28(43)38-13-39-29(24)46)54-56(48,58-12-20(45)33(4,5)6)49-9-17-25(53-55)21(34)30(51-17)42-14-40-23-16(36)7-8-37-27(23)42/h7-8,13-15,17-18,21-22,25-26,30-31H,9-12H2,1-6H3,(H2,36,37)(H,38,39,46)/t17?,18?,21-,22-,25-,26-,30?,31?,55?,56?/m1/s1. The molecule has 7 heterocycles. The molecule has 3 saturated heterocycles. The molecule has 0 aliphatic carbocycles. The molecule has 316 valence electrons. The Labute approximate surface area is 337 Å². The largest absolute Gasteiger partial charge is 0.397 e. The highest BCUT2D eigenvalue weighted by Crippen LogP contribution is 2.66. The minimum atomic E-state index is -4.63. The Morgan fingerprint density at radius 1 is 0.810 bits per heavy atom. The number of nitrogen functional groups attached to an aromatic ring is 1. The third-order valence-corrected chi connectivity index (χ3v) is 16.8. The van der Waals surface area contributed by atoms with E-state index >= 15 is 8.78 Å². The minimum Gasteiger partial charge on any atom is -0.397 e. The third kappa shape index (κ3) is 8.57. The summed E-state index contributed by atoms with van der Waals surface area (Å²) in [6.45, 7) is -0.801. The molecule has 4 aromatic rings. The van der Waals surface area contributed by atoms with Crippen molar-refractivity contribution in [2.45, 2.75) is 90.8 Å². The highest BCUT2D eigenvalue weighted by Gasteiger charge is 2.56. The van der Waals surface area contributed by atoms with E-state index < -0.39 is 98.2 Å². The fraction of sp³-hybridized carbons (Fsp3) is 0.606. The van der Waals surface area contributed by atoms with E-state index in [0.29, 0.717) is 22.8 Å². The summed E-state index contributed by atoms with van der Waals surface area (Å²) in [6, 6.07) is 1.51. The summed E-state index contributed by atoms with van der Waals surface area (Å²) in [6.07, 6.45) is -9.18. The van der Waals surface area contributed by atoms with Gasteiger partial charge >= 0.3 is 13.6 Å². The third-order valence-electron chi connectivity index (χ3n) is 9.62. The summed E-state index contributed by atoms with van der Waals surface area (Å²) in [5.74, 6) is -1.46. The molecule has 3 fully saturated rings. The Balaban J connectivity index is 1.27. The van der Waals surface area contributed by atoms with Crippen molar-refractivity contribution in [3.8, 4) is 0 Å². The maximum Gasteiger partial charge on any atom is 0.390 e. The molecule has 58 heavy (non-hydrogen) atoms. The van der Waals surface area contributed by atoms with Crippen LogP contribution < -0.4 is 11.3 Å². The minimum absolute atomic E-state index is 0.0541. The molecule has 0 aromatic carbocycles. The lowest BCUT2D eigenvalue weighted by Gasteiger charge is -2.30. The Bertz CT molecular complexity index is 2370. The second kappa shape index (κ2) is 16.1. The van der Waals surface area contributed by atoms with Crippen LogP contribution in [-0.2, 0) is 46.3 Å². The molecule has 19 nitrogen and oxygen atoms in total. The quantitative estimate of drug-likeness (QED) is 0.212. The molecule has 10 atom stereocenters. The zero-order valence-corrected chi connectivity index (χ0v) is 35.5. The molecule has 3 aliphatic heterocycles. The predicted molar refractivity (Wildman–Crippen MR) is 208 cm³/mol. The Morgan fingerprint density at radius 2 is 1.28 bits per heavy atom. The van der Waals surface area contributed by atoms with Gasteiger partial charge in [-0.15, -0.1) is 0 Å². The van der Waals surface area contributed by atoms with Gasteiger partial charge in [-0.25, -0.2) is 37.8 Å². The molecular weight excluding hydrogens is 848 g/mol. The van der Waals surface area contributed by atoms with Crippen LogP contribution in [0.3, 0.4) is 0 Å². The van der Waals surface area contributed by atoms with Crippen molar-refractivity contribution in [1.82, 2.24) is 34.1 Å². The normalized spacial score (nSPS) is 32.4. The van der Waals surface area contributed by atoms with E-state index in [2.05, 4.69) is 24.9 Å². The first-order valence-electron chi connectivity index (χ1n) is 18.0. The molecule has 0 radical (unpaired) electrons. The number of halogens is 2. The number of anilines is 1. The zero-order valence-electron chi connectivity index (χ0n) is 32.1. The molecule has 25 heteroatoms. The van der Waals surface area contributed by atoms with Crippen molar-refractivity contribution < 1.29 is 55.1 Å². The average Bonchev–Trinajstić information content (AvgIpc) is 3.92. The number of rotatable bonds is 8. The number of carbonyl (C=O) groups excluding carboxylic acids is 2. The van der Waals surface area contributed by atoms with Crippen molar-refractivity contribution in [1.29, 1.82) is 0 Å². The van der Waals surface area contributed by atoms with Gasteiger partial charge in [0.15, 0.2) is 41.6 Å². The maximum absolute atomic E-state index is 16.9. The van der Waals surface area contributed by atoms with Gasteiger partial charge in [0, 0.05) is 17.0 Å². The first kappa shape index (κ1) is 43.0. The highest BCUT2D eigenvalue weighted by atomic mass is 32.7. The number of H-pyrrole nitrogens is 1. The number of nitrogens with one attached hydrogen (secondary N) is 1. The monoisotopic (exact) mass is 890 g/mol. The fourth-order valence-corrected chi connectivity index (χ4v) is 13.1. The van der Waals surface area contributed by atoms with Crippen LogP contribution in [0.1, 0.15) is 54.0 Å². The van der Waals surface area contributed by atoms with Gasteiger partial charge in [-0.05, 0) is 28.8 Å². The van der Waals surface area contributed by atoms with E-state index in [4.69, 9.17) is 33.3 Å². The number of Topliss-reactive ketones (excluding diaryl/α,β-unsaturated/α-hetero) is 2. The van der Waals surface area contributed by atoms with Gasteiger partial charge in [0.25, 0.3) is 5.56 Å². The van der Waals surface area contributed by atoms with Crippen LogP contribution in [-0.4, -0.2) is 107 Å². The number of fused-ring (bicyclic) bond motifs is 4. The summed E-state index contributed by atoms with van der Waals surface area (Å²) >= 11 is 0.976. The fourth-order valence-electron chi connectivity index (χ4n) is 6.08. The van der Waals surface area contributed by atoms with Crippen LogP contribution in [0.5, 0.6) is 0 Å². The van der Waals surface area contributed by atoms with Gasteiger partial charge in [0.2, 0.25) is 0 Å². The Morgan fingerprint density at radius 3 is 1.76 bits per heavy atom. The first-order chi connectivity index (χ1) is 27.2. The van der Waals surface area contributed by atoms with Gasteiger partial charge in [-0.2, -0.15) is 0 Å². The Kier molecular flexibility index (Phi) is 11.9. The molecular formula is C33H42F2N8O11P2S2. The molecule has 7 rings (SSSR count). The van der Waals surface area contributed by atoms with E-state index in [1.165, 1.54) is 23.2 Å². The number of ether oxygens (including phenoxy) is 2. The number of pyridine rings is 1. The van der Waals surface area contributed by atoms with Crippen LogP contribution in [0, 0.1) is 10.8 Å². The number of alkyl halides is 2. The number of ketones is 2. The predicted octanol–water partition coefficient (Wildman–Crippen LogP) is 5.35. The van der Waals surface area contributed by atoms with Gasteiger partial charge in [0.05, 0.1) is 49.4 Å². The summed E-state index contributed by atoms with van der Waals surface area (Å²) in [5.41, 5.74) is 4.20. The summed E-state index contributed by atoms with van der Waals surface area (Å²) in [4.78, 5) is 57.5. The first-order valence-corrected chi connectivity index (χ1v) is 24.2. The number of carbonyl (C=O) groups is 2. The highest BCUT2D eigenvalue weighted by molar-refractivity contribution is 8.55. The van der Waals surface area contributed by atoms with Crippen LogP contribution in [0.2, 0.25) is 0 Å². The smallest absolute Gasteiger partial charge is 0.390 e. The summed E-state index contributed by atoms with van der Waals surface area (Å²) in [7, 11) is 0. The van der Waals surface area contributed by atoms with E-state index in [-0.39, 0.29) is 45.3 Å². The molecule has 6 unspecified atom stereocenters. The number of imidazole rings is 2. The van der Waals surface area contributed by atoms with Crippen LogP contribution >= 0.6 is 36.4 Å². The average molecular weight is 891 g/mol. The van der Waals surface area contributed by atoms with Crippen LogP contribution in [0.15, 0.2) is 36.0 Å². The molecule has 0 spiro atoms. The van der Waals surface area contributed by atoms with E-state index in [0.717, 1.165) is 17.2 Å². The lowest BCUT2D eigenvalue weighted by atomic mass is 9.92. The van der Waals surface area contributed by atoms with E-state index in [1.807, 2.05) is 0 Å². The topological polar surface area (TPSA) is 244 Å². The van der Waals surface area contributed by atoms with Crippen molar-refractivity contribution in [3.05, 3.63) is 41.6 Å². The van der Waals surface area contributed by atoms with Gasteiger partial charge in [0.1, 0.15) is 41.5 Å². The molecule has 3 aliphatic rings.